The van der Waals surface area contributed by atoms with Gasteiger partial charge in [-0.1, -0.05) is 13.0 Å². The zero-order chi connectivity index (χ0) is 26.3. The molecule has 0 bridgehead atoms. The molecule has 192 valence electrons. The van der Waals surface area contributed by atoms with Crippen molar-refractivity contribution < 1.29 is 26.7 Å². The van der Waals surface area contributed by atoms with Crippen molar-refractivity contribution in [1.29, 1.82) is 0 Å². The molecule has 1 N–H and O–H groups in total. The third kappa shape index (κ3) is 5.47. The Kier molecular flexibility index (Phi) is 6.72. The summed E-state index contributed by atoms with van der Waals surface area (Å²) in [5.74, 6) is -4.24. The van der Waals surface area contributed by atoms with Gasteiger partial charge in [-0.3, -0.25) is 14.5 Å². The van der Waals surface area contributed by atoms with Crippen LogP contribution in [0.1, 0.15) is 35.0 Å². The summed E-state index contributed by atoms with van der Waals surface area (Å²) in [6, 6.07) is 4.92. The summed E-state index contributed by atoms with van der Waals surface area (Å²) in [5, 5.41) is 7.13. The fraction of sp³-hybridized carbons (Fsp3) is 0.417. The predicted octanol–water partition coefficient (Wildman–Crippen LogP) is 4.80. The number of aromatic nitrogens is 4. The summed E-state index contributed by atoms with van der Waals surface area (Å²) in [5.41, 5.74) is 0.917. The van der Waals surface area contributed by atoms with Gasteiger partial charge in [0.15, 0.2) is 5.69 Å². The highest BCUT2D eigenvalue weighted by Gasteiger charge is 2.47. The molecule has 1 saturated heterocycles. The average molecular weight is 508 g/mol. The lowest BCUT2D eigenvalue weighted by molar-refractivity contribution is -0.137. The van der Waals surface area contributed by atoms with E-state index in [9.17, 15) is 26.7 Å². The fourth-order valence-electron chi connectivity index (χ4n) is 4.35. The molecule has 3 aromatic heterocycles. The summed E-state index contributed by atoms with van der Waals surface area (Å²) < 4.78 is 69.0. The first-order chi connectivity index (χ1) is 16.8. The lowest BCUT2D eigenvalue weighted by Crippen LogP contribution is -2.57. The average Bonchev–Trinajstić information content (AvgIpc) is 3.19. The quantitative estimate of drug-likeness (QED) is 0.501. The standard InChI is InChI=1S/C24H25F5N6O/c1-14-4-6-18(30-9-14)17-12-34(3)33-21(17)22(36)35-13-23(25,26)8-15(2)19(35)11-32-20-7-5-16(10-31-20)24(27,28)29/h4-7,9-10,12,15,19H,8,11,13H2,1-3H3,(H,31,32)/t15-,19-/m1/s1. The third-order valence-corrected chi connectivity index (χ3v) is 6.14. The molecule has 1 fully saturated rings. The minimum atomic E-state index is -4.52. The van der Waals surface area contributed by atoms with Crippen LogP contribution in [0.4, 0.5) is 27.8 Å². The molecule has 1 aliphatic heterocycles. The molecular weight excluding hydrogens is 483 g/mol. The summed E-state index contributed by atoms with van der Waals surface area (Å²) in [4.78, 5) is 22.8. The number of carbonyl (C=O) groups excluding carboxylic acids is 1. The maximum Gasteiger partial charge on any atom is 0.417 e. The highest BCUT2D eigenvalue weighted by Crippen LogP contribution is 2.36. The summed E-state index contributed by atoms with van der Waals surface area (Å²) in [6.45, 7) is 2.69. The maximum absolute atomic E-state index is 14.6. The molecule has 7 nitrogen and oxygen atoms in total. The van der Waals surface area contributed by atoms with Crippen molar-refractivity contribution in [1.82, 2.24) is 24.6 Å². The molecule has 0 aromatic carbocycles. The highest BCUT2D eigenvalue weighted by atomic mass is 19.4. The molecule has 0 aliphatic carbocycles. The molecule has 4 rings (SSSR count). The van der Waals surface area contributed by atoms with E-state index in [2.05, 4.69) is 20.4 Å². The Morgan fingerprint density at radius 3 is 2.53 bits per heavy atom. The van der Waals surface area contributed by atoms with Crippen LogP contribution < -0.4 is 5.32 Å². The molecule has 3 aromatic rings. The Bertz CT molecular complexity index is 1220. The molecular formula is C24H25F5N6O. The second-order valence-corrected chi connectivity index (χ2v) is 9.13. The molecule has 1 aliphatic rings. The normalized spacial score (nSPS) is 19.8. The summed E-state index contributed by atoms with van der Waals surface area (Å²) in [7, 11) is 1.62. The van der Waals surface area contributed by atoms with Crippen molar-refractivity contribution in [2.24, 2.45) is 13.0 Å². The number of carbonyl (C=O) groups is 1. The Labute approximate surface area is 204 Å². The monoisotopic (exact) mass is 508 g/mol. The molecule has 0 radical (unpaired) electrons. The van der Waals surface area contributed by atoms with Gasteiger partial charge in [-0.2, -0.15) is 18.3 Å². The Morgan fingerprint density at radius 2 is 1.92 bits per heavy atom. The summed E-state index contributed by atoms with van der Waals surface area (Å²) in [6.07, 6.45) is -1.02. The molecule has 0 unspecified atom stereocenters. The van der Waals surface area contributed by atoms with Gasteiger partial charge in [0.2, 0.25) is 0 Å². The van der Waals surface area contributed by atoms with Gasteiger partial charge in [-0.25, -0.2) is 13.8 Å². The van der Waals surface area contributed by atoms with Crippen LogP contribution in [-0.2, 0) is 13.2 Å². The molecule has 36 heavy (non-hydrogen) atoms. The fourth-order valence-corrected chi connectivity index (χ4v) is 4.35. The van der Waals surface area contributed by atoms with E-state index in [1.165, 1.54) is 4.68 Å². The van der Waals surface area contributed by atoms with Crippen molar-refractivity contribution in [3.63, 3.8) is 0 Å². The number of nitrogens with one attached hydrogen (secondary N) is 1. The number of amides is 1. The van der Waals surface area contributed by atoms with Crippen LogP contribution in [-0.4, -0.2) is 55.6 Å². The van der Waals surface area contributed by atoms with Gasteiger partial charge in [0, 0.05) is 38.6 Å². The largest absolute Gasteiger partial charge is 0.417 e. The maximum atomic E-state index is 14.6. The van der Waals surface area contributed by atoms with Gasteiger partial charge < -0.3 is 10.2 Å². The molecule has 2 atom stereocenters. The first kappa shape index (κ1) is 25.5. The van der Waals surface area contributed by atoms with Gasteiger partial charge in [-0.05, 0) is 36.6 Å². The number of rotatable bonds is 5. The van der Waals surface area contributed by atoms with E-state index < -0.39 is 48.5 Å². The van der Waals surface area contributed by atoms with E-state index in [1.54, 1.807) is 32.4 Å². The molecule has 0 saturated carbocycles. The number of anilines is 1. The number of hydrogen-bond acceptors (Lipinski definition) is 5. The van der Waals surface area contributed by atoms with E-state index in [1.807, 2.05) is 13.0 Å². The number of aryl methyl sites for hydroxylation is 2. The number of pyridine rings is 2. The Morgan fingerprint density at radius 1 is 1.17 bits per heavy atom. The second kappa shape index (κ2) is 9.47. The Balaban J connectivity index is 1.60. The zero-order valence-electron chi connectivity index (χ0n) is 19.9. The van der Waals surface area contributed by atoms with Gasteiger partial charge in [-0.15, -0.1) is 0 Å². The molecule has 12 heteroatoms. The van der Waals surface area contributed by atoms with Gasteiger partial charge >= 0.3 is 6.18 Å². The molecule has 4 heterocycles. The number of halogens is 5. The highest BCUT2D eigenvalue weighted by molar-refractivity contribution is 5.98. The zero-order valence-corrected chi connectivity index (χ0v) is 19.9. The van der Waals surface area contributed by atoms with Gasteiger partial charge in [0.1, 0.15) is 5.82 Å². The summed E-state index contributed by atoms with van der Waals surface area (Å²) >= 11 is 0. The van der Waals surface area contributed by atoms with Crippen LogP contribution in [0.25, 0.3) is 11.3 Å². The first-order valence-corrected chi connectivity index (χ1v) is 11.3. The van der Waals surface area contributed by atoms with Crippen molar-refractivity contribution in [3.05, 3.63) is 59.7 Å². The van der Waals surface area contributed by atoms with Crippen molar-refractivity contribution in [3.8, 4) is 11.3 Å². The molecule has 1 amide bonds. The Hall–Kier alpha value is -3.57. The van der Waals surface area contributed by atoms with Crippen LogP contribution in [0.2, 0.25) is 0 Å². The van der Waals surface area contributed by atoms with Crippen molar-refractivity contribution >= 4 is 11.7 Å². The van der Waals surface area contributed by atoms with Crippen LogP contribution in [0.3, 0.4) is 0 Å². The minimum Gasteiger partial charge on any atom is -0.368 e. The van der Waals surface area contributed by atoms with E-state index in [4.69, 9.17) is 0 Å². The van der Waals surface area contributed by atoms with E-state index >= 15 is 0 Å². The van der Waals surface area contributed by atoms with E-state index in [-0.39, 0.29) is 18.1 Å². The van der Waals surface area contributed by atoms with Crippen LogP contribution in [0.15, 0.2) is 42.9 Å². The number of likely N-dealkylation sites (tertiary alicyclic amines) is 1. The van der Waals surface area contributed by atoms with Crippen molar-refractivity contribution in [2.75, 3.05) is 18.4 Å². The predicted molar refractivity (Wildman–Crippen MR) is 122 cm³/mol. The lowest BCUT2D eigenvalue weighted by atomic mass is 9.88. The smallest absolute Gasteiger partial charge is 0.368 e. The molecule has 0 spiro atoms. The van der Waals surface area contributed by atoms with Crippen LogP contribution >= 0.6 is 0 Å². The van der Waals surface area contributed by atoms with Crippen LogP contribution in [0, 0.1) is 12.8 Å². The SMILES string of the molecule is Cc1ccc(-c2cn(C)nc2C(=O)N2CC(F)(F)C[C@@H](C)[C@H]2CNc2ccc(C(F)(F)F)cn2)nc1. The van der Waals surface area contributed by atoms with Gasteiger partial charge in [0.25, 0.3) is 11.8 Å². The van der Waals surface area contributed by atoms with Gasteiger partial charge in [0.05, 0.1) is 29.4 Å². The minimum absolute atomic E-state index is 0.00333. The van der Waals surface area contributed by atoms with E-state index in [0.29, 0.717) is 17.5 Å². The first-order valence-electron chi connectivity index (χ1n) is 11.3. The number of hydrogen-bond donors (Lipinski definition) is 1. The number of alkyl halides is 5. The van der Waals surface area contributed by atoms with Crippen molar-refractivity contribution in [2.45, 2.75) is 38.4 Å². The third-order valence-electron chi connectivity index (χ3n) is 6.14. The second-order valence-electron chi connectivity index (χ2n) is 9.13. The topological polar surface area (TPSA) is 75.9 Å². The number of nitrogens with zero attached hydrogens (tertiary/aromatic N) is 5. The van der Waals surface area contributed by atoms with E-state index in [0.717, 1.165) is 22.6 Å². The lowest BCUT2D eigenvalue weighted by Gasteiger charge is -2.43. The van der Waals surface area contributed by atoms with Crippen LogP contribution in [0.5, 0.6) is 0 Å². The number of piperidine rings is 1.